The number of nitrogens with zero attached hydrogens (tertiary/aromatic N) is 1. The highest BCUT2D eigenvalue weighted by Crippen LogP contribution is 2.28. The summed E-state index contributed by atoms with van der Waals surface area (Å²) in [7, 11) is -1.73. The maximum absolute atomic E-state index is 12.7. The third kappa shape index (κ3) is 5.83. The number of aryl methyl sites for hydroxylation is 2. The van der Waals surface area contributed by atoms with E-state index in [4.69, 9.17) is 4.74 Å². The van der Waals surface area contributed by atoms with Crippen molar-refractivity contribution in [2.45, 2.75) is 32.6 Å². The van der Waals surface area contributed by atoms with Crippen LogP contribution < -0.4 is 10.1 Å². The Morgan fingerprint density at radius 1 is 1.13 bits per heavy atom. The summed E-state index contributed by atoms with van der Waals surface area (Å²) in [5.74, 6) is 0.470. The second-order valence-corrected chi connectivity index (χ2v) is 9.86. The number of methoxy groups -OCH3 is 1. The molecule has 1 N–H and O–H groups in total. The van der Waals surface area contributed by atoms with Crippen LogP contribution >= 0.6 is 0 Å². The highest BCUT2D eigenvalue weighted by molar-refractivity contribution is 7.89. The Labute approximate surface area is 179 Å². The van der Waals surface area contributed by atoms with E-state index in [0.29, 0.717) is 43.8 Å². The van der Waals surface area contributed by atoms with Crippen molar-refractivity contribution < 1.29 is 17.9 Å². The highest BCUT2D eigenvalue weighted by atomic mass is 32.2. The fourth-order valence-corrected chi connectivity index (χ4v) is 5.32. The first-order valence-electron chi connectivity index (χ1n) is 10.4. The largest absolute Gasteiger partial charge is 0.495 e. The zero-order chi connectivity index (χ0) is 21.6. The zero-order valence-electron chi connectivity index (χ0n) is 17.6. The summed E-state index contributed by atoms with van der Waals surface area (Å²) in [6, 6.07) is 15.5. The van der Waals surface area contributed by atoms with E-state index in [0.717, 1.165) is 17.5 Å². The van der Waals surface area contributed by atoms with Gasteiger partial charge in [0, 0.05) is 19.0 Å². The second-order valence-electron chi connectivity index (χ2n) is 7.77. The molecule has 30 heavy (non-hydrogen) atoms. The Morgan fingerprint density at radius 3 is 2.50 bits per heavy atom. The van der Waals surface area contributed by atoms with E-state index >= 15 is 0 Å². The normalized spacial score (nSPS) is 15.7. The molecule has 3 rings (SSSR count). The van der Waals surface area contributed by atoms with Crippen molar-refractivity contribution in [3.8, 4) is 5.75 Å². The lowest BCUT2D eigenvalue weighted by atomic mass is 9.97. The van der Waals surface area contributed by atoms with Gasteiger partial charge in [-0.05, 0) is 55.9 Å². The Morgan fingerprint density at radius 2 is 1.83 bits per heavy atom. The number of anilines is 1. The van der Waals surface area contributed by atoms with Gasteiger partial charge in [-0.15, -0.1) is 0 Å². The van der Waals surface area contributed by atoms with Crippen LogP contribution in [0.4, 0.5) is 5.69 Å². The third-order valence-electron chi connectivity index (χ3n) is 5.54. The molecule has 0 atom stereocenters. The molecule has 0 unspecified atom stereocenters. The first-order chi connectivity index (χ1) is 14.4. The lowest BCUT2D eigenvalue weighted by Crippen LogP contribution is -2.42. The first-order valence-corrected chi connectivity index (χ1v) is 12.0. The number of amides is 1. The van der Waals surface area contributed by atoms with Gasteiger partial charge in [-0.2, -0.15) is 0 Å². The van der Waals surface area contributed by atoms with E-state index in [1.165, 1.54) is 4.31 Å². The Kier molecular flexibility index (Phi) is 7.50. The number of piperidine rings is 1. The monoisotopic (exact) mass is 430 g/mol. The molecular formula is C23H30N2O4S. The SMILES string of the molecule is COc1ccc(C)cc1NC(=O)C1CCN(S(=O)(=O)CCCc2ccccc2)CC1. The molecule has 0 bridgehead atoms. The predicted molar refractivity (Wildman–Crippen MR) is 119 cm³/mol. The van der Waals surface area contributed by atoms with Crippen molar-refractivity contribution >= 4 is 21.6 Å². The summed E-state index contributed by atoms with van der Waals surface area (Å²) in [6.07, 6.45) is 2.40. The van der Waals surface area contributed by atoms with Gasteiger partial charge in [-0.3, -0.25) is 4.79 Å². The van der Waals surface area contributed by atoms with Crippen molar-refractivity contribution in [2.24, 2.45) is 5.92 Å². The van der Waals surface area contributed by atoms with Crippen molar-refractivity contribution in [3.05, 3.63) is 59.7 Å². The molecule has 2 aromatic rings. The Bertz CT molecular complexity index is 952. The molecule has 0 aliphatic carbocycles. The molecule has 2 aromatic carbocycles. The van der Waals surface area contributed by atoms with Crippen LogP contribution in [-0.2, 0) is 21.2 Å². The van der Waals surface area contributed by atoms with Gasteiger partial charge in [0.25, 0.3) is 0 Å². The van der Waals surface area contributed by atoms with E-state index in [1.807, 2.05) is 55.5 Å². The molecule has 1 heterocycles. The molecule has 0 saturated carbocycles. The number of carbonyl (C=O) groups is 1. The van der Waals surface area contributed by atoms with Crippen LogP contribution in [0.25, 0.3) is 0 Å². The highest BCUT2D eigenvalue weighted by Gasteiger charge is 2.31. The number of benzene rings is 2. The first kappa shape index (κ1) is 22.3. The quantitative estimate of drug-likeness (QED) is 0.694. The van der Waals surface area contributed by atoms with E-state index in [2.05, 4.69) is 5.32 Å². The van der Waals surface area contributed by atoms with E-state index in [1.54, 1.807) is 7.11 Å². The van der Waals surface area contributed by atoms with Gasteiger partial charge >= 0.3 is 0 Å². The zero-order valence-corrected chi connectivity index (χ0v) is 18.5. The molecule has 0 aromatic heterocycles. The minimum atomic E-state index is -3.30. The van der Waals surface area contributed by atoms with Gasteiger partial charge in [0.05, 0.1) is 18.6 Å². The van der Waals surface area contributed by atoms with Crippen LogP contribution in [-0.4, -0.2) is 44.6 Å². The Hall–Kier alpha value is -2.38. The van der Waals surface area contributed by atoms with E-state index < -0.39 is 10.0 Å². The molecule has 7 heteroatoms. The van der Waals surface area contributed by atoms with Gasteiger partial charge in [0.15, 0.2) is 0 Å². The fourth-order valence-electron chi connectivity index (χ4n) is 3.78. The summed E-state index contributed by atoms with van der Waals surface area (Å²) in [5.41, 5.74) is 2.83. The van der Waals surface area contributed by atoms with Crippen molar-refractivity contribution in [1.29, 1.82) is 0 Å². The van der Waals surface area contributed by atoms with Crippen LogP contribution in [0.5, 0.6) is 5.75 Å². The van der Waals surface area contributed by atoms with Crippen LogP contribution in [0.2, 0.25) is 0 Å². The molecule has 1 saturated heterocycles. The molecule has 0 spiro atoms. The van der Waals surface area contributed by atoms with Gasteiger partial charge in [0.2, 0.25) is 15.9 Å². The van der Waals surface area contributed by atoms with Crippen LogP contribution in [0.1, 0.15) is 30.4 Å². The number of ether oxygens (including phenoxy) is 1. The molecule has 6 nitrogen and oxygen atoms in total. The van der Waals surface area contributed by atoms with Crippen molar-refractivity contribution in [3.63, 3.8) is 0 Å². The summed E-state index contributed by atoms with van der Waals surface area (Å²) in [4.78, 5) is 12.7. The smallest absolute Gasteiger partial charge is 0.227 e. The minimum Gasteiger partial charge on any atom is -0.495 e. The van der Waals surface area contributed by atoms with Crippen molar-refractivity contribution in [2.75, 3.05) is 31.3 Å². The van der Waals surface area contributed by atoms with Crippen LogP contribution in [0.15, 0.2) is 48.5 Å². The molecule has 1 fully saturated rings. The molecule has 1 aliphatic rings. The summed E-state index contributed by atoms with van der Waals surface area (Å²) < 4.78 is 32.2. The average Bonchev–Trinajstić information content (AvgIpc) is 2.74. The number of sulfonamides is 1. The van der Waals surface area contributed by atoms with Gasteiger partial charge in [-0.25, -0.2) is 12.7 Å². The lowest BCUT2D eigenvalue weighted by molar-refractivity contribution is -0.120. The maximum atomic E-state index is 12.7. The topological polar surface area (TPSA) is 75.7 Å². The summed E-state index contributed by atoms with van der Waals surface area (Å²) >= 11 is 0. The third-order valence-corrected chi connectivity index (χ3v) is 7.50. The van der Waals surface area contributed by atoms with E-state index in [9.17, 15) is 13.2 Å². The van der Waals surface area contributed by atoms with Gasteiger partial charge in [-0.1, -0.05) is 36.4 Å². The standard InChI is InChI=1S/C23H30N2O4S/c1-18-10-11-22(29-2)21(17-18)24-23(26)20-12-14-25(15-13-20)30(27,28)16-6-9-19-7-4-3-5-8-19/h3-5,7-8,10-11,17,20H,6,9,12-16H2,1-2H3,(H,24,26). The minimum absolute atomic E-state index is 0.0833. The number of rotatable bonds is 8. The number of hydrogen-bond acceptors (Lipinski definition) is 4. The molecule has 1 amide bonds. The molecule has 162 valence electrons. The number of hydrogen-bond donors (Lipinski definition) is 1. The van der Waals surface area contributed by atoms with Crippen LogP contribution in [0.3, 0.4) is 0 Å². The fraction of sp³-hybridized carbons (Fsp3) is 0.435. The predicted octanol–water partition coefficient (Wildman–Crippen LogP) is 3.62. The molecule has 0 radical (unpaired) electrons. The molecule has 1 aliphatic heterocycles. The average molecular weight is 431 g/mol. The van der Waals surface area contributed by atoms with Gasteiger partial charge < -0.3 is 10.1 Å². The van der Waals surface area contributed by atoms with Gasteiger partial charge in [0.1, 0.15) is 5.75 Å². The summed E-state index contributed by atoms with van der Waals surface area (Å²) in [6.45, 7) is 2.73. The van der Waals surface area contributed by atoms with E-state index in [-0.39, 0.29) is 17.6 Å². The Balaban J connectivity index is 1.50. The lowest BCUT2D eigenvalue weighted by Gasteiger charge is -2.30. The number of nitrogens with one attached hydrogen (secondary N) is 1. The molecular weight excluding hydrogens is 400 g/mol. The van der Waals surface area contributed by atoms with Crippen molar-refractivity contribution in [1.82, 2.24) is 4.31 Å². The number of carbonyl (C=O) groups excluding carboxylic acids is 1. The van der Waals surface area contributed by atoms with Crippen LogP contribution in [0, 0.1) is 12.8 Å². The second kappa shape index (κ2) is 10.1. The maximum Gasteiger partial charge on any atom is 0.227 e. The summed E-state index contributed by atoms with van der Waals surface area (Å²) in [5, 5.41) is 2.95.